The van der Waals surface area contributed by atoms with E-state index in [2.05, 4.69) is 10.6 Å². The monoisotopic (exact) mass is 254 g/mol. The van der Waals surface area contributed by atoms with Crippen LogP contribution in [0.4, 0.5) is 10.5 Å². The lowest BCUT2D eigenvalue weighted by molar-refractivity contribution is -0.138. The van der Waals surface area contributed by atoms with Gasteiger partial charge >= 0.3 is 12.0 Å². The van der Waals surface area contributed by atoms with Crippen LogP contribution in [0.25, 0.3) is 0 Å². The summed E-state index contributed by atoms with van der Waals surface area (Å²) in [7, 11) is 0. The average Bonchev–Trinajstić information content (AvgIpc) is 2.29. The van der Waals surface area contributed by atoms with Crippen LogP contribution in [-0.2, 0) is 4.79 Å². The van der Waals surface area contributed by atoms with Crippen LogP contribution >= 0.6 is 11.8 Å². The van der Waals surface area contributed by atoms with E-state index in [-0.39, 0.29) is 0 Å². The molecule has 0 saturated carbocycles. The quantitative estimate of drug-likeness (QED) is 0.746. The van der Waals surface area contributed by atoms with Gasteiger partial charge < -0.3 is 15.7 Å². The minimum atomic E-state index is -1.04. The number of carbonyl (C=O) groups excluding carboxylic acids is 1. The Balaban J connectivity index is 2.51. The minimum Gasteiger partial charge on any atom is -0.480 e. The van der Waals surface area contributed by atoms with E-state index in [9.17, 15) is 9.59 Å². The number of hydrogen-bond acceptors (Lipinski definition) is 3. The summed E-state index contributed by atoms with van der Waals surface area (Å²) in [4.78, 5) is 22.3. The predicted molar refractivity (Wildman–Crippen MR) is 68.4 cm³/mol. The first-order valence-corrected chi connectivity index (χ1v) is 6.37. The maximum atomic E-state index is 11.5. The van der Waals surface area contributed by atoms with E-state index in [1.54, 1.807) is 30.5 Å². The van der Waals surface area contributed by atoms with Gasteiger partial charge in [0.15, 0.2) is 0 Å². The molecule has 1 atom stereocenters. The molecule has 1 aromatic carbocycles. The zero-order valence-electron chi connectivity index (χ0n) is 9.34. The SMILES string of the molecule is CSCC(NC(=O)Nc1ccccc1)C(=O)O. The molecular formula is C11H14N2O3S. The van der Waals surface area contributed by atoms with Gasteiger partial charge in [-0.05, 0) is 18.4 Å². The molecule has 6 heteroatoms. The number of nitrogens with one attached hydrogen (secondary N) is 2. The fraction of sp³-hybridized carbons (Fsp3) is 0.273. The van der Waals surface area contributed by atoms with Crippen LogP contribution in [0.1, 0.15) is 0 Å². The molecular weight excluding hydrogens is 240 g/mol. The molecule has 0 fully saturated rings. The van der Waals surface area contributed by atoms with Gasteiger partial charge in [-0.2, -0.15) is 11.8 Å². The second kappa shape index (κ2) is 6.80. The summed E-state index contributed by atoms with van der Waals surface area (Å²) in [6, 6.07) is 7.45. The molecule has 0 heterocycles. The zero-order chi connectivity index (χ0) is 12.7. The Morgan fingerprint density at radius 3 is 2.53 bits per heavy atom. The van der Waals surface area contributed by atoms with Crippen molar-refractivity contribution in [1.29, 1.82) is 0 Å². The number of carboxylic acid groups (broad SMARTS) is 1. The third kappa shape index (κ3) is 4.78. The van der Waals surface area contributed by atoms with Crippen LogP contribution in [-0.4, -0.2) is 35.2 Å². The van der Waals surface area contributed by atoms with E-state index in [4.69, 9.17) is 5.11 Å². The van der Waals surface area contributed by atoms with Crippen LogP contribution in [0.2, 0.25) is 0 Å². The van der Waals surface area contributed by atoms with E-state index in [0.29, 0.717) is 11.4 Å². The van der Waals surface area contributed by atoms with Gasteiger partial charge in [-0.3, -0.25) is 0 Å². The number of hydrogen-bond donors (Lipinski definition) is 3. The summed E-state index contributed by atoms with van der Waals surface area (Å²) < 4.78 is 0. The molecule has 17 heavy (non-hydrogen) atoms. The topological polar surface area (TPSA) is 78.4 Å². The van der Waals surface area contributed by atoms with E-state index < -0.39 is 18.0 Å². The van der Waals surface area contributed by atoms with Crippen LogP contribution in [0, 0.1) is 0 Å². The lowest BCUT2D eigenvalue weighted by Crippen LogP contribution is -2.44. The van der Waals surface area contributed by atoms with Gasteiger partial charge in [0, 0.05) is 11.4 Å². The van der Waals surface area contributed by atoms with Crippen molar-refractivity contribution in [3.63, 3.8) is 0 Å². The summed E-state index contributed by atoms with van der Waals surface area (Å²) in [6.45, 7) is 0. The molecule has 0 aliphatic heterocycles. The summed E-state index contributed by atoms with van der Waals surface area (Å²) in [5, 5.41) is 13.8. The van der Waals surface area contributed by atoms with Gasteiger partial charge in [-0.1, -0.05) is 18.2 Å². The minimum absolute atomic E-state index is 0.331. The van der Waals surface area contributed by atoms with Gasteiger partial charge in [0.25, 0.3) is 0 Å². The third-order valence-corrected chi connectivity index (χ3v) is 2.64. The second-order valence-electron chi connectivity index (χ2n) is 3.31. The molecule has 92 valence electrons. The van der Waals surface area contributed by atoms with Gasteiger partial charge in [0.05, 0.1) is 0 Å². The van der Waals surface area contributed by atoms with E-state index >= 15 is 0 Å². The molecule has 1 rings (SSSR count). The maximum absolute atomic E-state index is 11.5. The summed E-state index contributed by atoms with van der Waals surface area (Å²) in [5.74, 6) is -0.708. The van der Waals surface area contributed by atoms with Crippen molar-refractivity contribution in [2.45, 2.75) is 6.04 Å². The largest absolute Gasteiger partial charge is 0.480 e. The molecule has 3 N–H and O–H groups in total. The average molecular weight is 254 g/mol. The fourth-order valence-electron chi connectivity index (χ4n) is 1.19. The van der Waals surface area contributed by atoms with Crippen molar-refractivity contribution in [3.05, 3.63) is 30.3 Å². The van der Waals surface area contributed by atoms with Crippen LogP contribution in [0.5, 0.6) is 0 Å². The fourth-order valence-corrected chi connectivity index (χ4v) is 1.75. The molecule has 0 aliphatic carbocycles. The Morgan fingerprint density at radius 2 is 2.00 bits per heavy atom. The first kappa shape index (κ1) is 13.4. The Bertz CT molecular complexity index is 384. The lowest BCUT2D eigenvalue weighted by Gasteiger charge is -2.13. The lowest BCUT2D eigenvalue weighted by atomic mass is 10.3. The summed E-state index contributed by atoms with van der Waals surface area (Å²) in [6.07, 6.45) is 1.78. The number of rotatable bonds is 5. The number of thioether (sulfide) groups is 1. The number of carbonyl (C=O) groups is 2. The Labute approximate surface area is 104 Å². The number of amides is 2. The van der Waals surface area contributed by atoms with Crippen LogP contribution in [0.3, 0.4) is 0 Å². The number of aliphatic carboxylic acids is 1. The molecule has 0 aliphatic rings. The molecule has 1 aromatic rings. The van der Waals surface area contributed by atoms with Crippen LogP contribution < -0.4 is 10.6 Å². The second-order valence-corrected chi connectivity index (χ2v) is 4.22. The number of anilines is 1. The van der Waals surface area contributed by atoms with Gasteiger partial charge in [0.2, 0.25) is 0 Å². The number of benzene rings is 1. The van der Waals surface area contributed by atoms with E-state index in [1.807, 2.05) is 6.07 Å². The van der Waals surface area contributed by atoms with E-state index in [1.165, 1.54) is 11.8 Å². The van der Waals surface area contributed by atoms with Gasteiger partial charge in [0.1, 0.15) is 6.04 Å². The van der Waals surface area contributed by atoms with Gasteiger partial charge in [-0.25, -0.2) is 9.59 Å². The first-order chi connectivity index (χ1) is 8.13. The Hall–Kier alpha value is -1.69. The highest BCUT2D eigenvalue weighted by Gasteiger charge is 2.18. The van der Waals surface area contributed by atoms with Crippen molar-refractivity contribution in [3.8, 4) is 0 Å². The third-order valence-electron chi connectivity index (χ3n) is 1.97. The van der Waals surface area contributed by atoms with Crippen molar-refractivity contribution in [2.24, 2.45) is 0 Å². The molecule has 0 bridgehead atoms. The predicted octanol–water partition coefficient (Wildman–Crippen LogP) is 1.62. The van der Waals surface area contributed by atoms with Crippen LogP contribution in [0.15, 0.2) is 30.3 Å². The highest BCUT2D eigenvalue weighted by Crippen LogP contribution is 2.05. The van der Waals surface area contributed by atoms with Gasteiger partial charge in [-0.15, -0.1) is 0 Å². The van der Waals surface area contributed by atoms with E-state index in [0.717, 1.165) is 0 Å². The maximum Gasteiger partial charge on any atom is 0.327 e. The normalized spacial score (nSPS) is 11.6. The van der Waals surface area contributed by atoms with Crippen molar-refractivity contribution < 1.29 is 14.7 Å². The summed E-state index contributed by atoms with van der Waals surface area (Å²) >= 11 is 1.36. The smallest absolute Gasteiger partial charge is 0.327 e. The first-order valence-electron chi connectivity index (χ1n) is 4.98. The molecule has 1 unspecified atom stereocenters. The van der Waals surface area contributed by atoms with Crippen molar-refractivity contribution >= 4 is 29.4 Å². The molecule has 2 amide bonds. The zero-order valence-corrected chi connectivity index (χ0v) is 10.2. The molecule has 5 nitrogen and oxygen atoms in total. The standard InChI is InChI=1S/C11H14N2O3S/c1-17-7-9(10(14)15)13-11(16)12-8-5-3-2-4-6-8/h2-6,9H,7H2,1H3,(H,14,15)(H2,12,13,16). The Morgan fingerprint density at radius 1 is 1.35 bits per heavy atom. The summed E-state index contributed by atoms with van der Waals surface area (Å²) in [5.41, 5.74) is 0.623. The Kier molecular flexibility index (Phi) is 5.35. The van der Waals surface area contributed by atoms with Crippen molar-refractivity contribution in [1.82, 2.24) is 5.32 Å². The van der Waals surface area contributed by atoms with Crippen molar-refractivity contribution in [2.75, 3.05) is 17.3 Å². The molecule has 0 aromatic heterocycles. The molecule has 0 saturated heterocycles. The number of carboxylic acids is 1. The molecule has 0 spiro atoms. The molecule has 0 radical (unpaired) electrons. The highest BCUT2D eigenvalue weighted by molar-refractivity contribution is 7.98. The number of urea groups is 1. The number of para-hydroxylation sites is 1. The highest BCUT2D eigenvalue weighted by atomic mass is 32.2.